The van der Waals surface area contributed by atoms with Gasteiger partial charge in [-0.25, -0.2) is 17.2 Å². The van der Waals surface area contributed by atoms with Crippen LogP contribution in [0.25, 0.3) is 33.0 Å². The molecule has 2 heterocycles. The molecule has 0 atom stereocenters. The third kappa shape index (κ3) is 3.93. The predicted molar refractivity (Wildman–Crippen MR) is 115 cm³/mol. The van der Waals surface area contributed by atoms with Crippen molar-refractivity contribution in [2.24, 2.45) is 14.1 Å². The fourth-order valence-corrected chi connectivity index (χ4v) is 4.02. The van der Waals surface area contributed by atoms with Crippen LogP contribution in [-0.2, 0) is 24.1 Å². The molecule has 0 amide bonds. The van der Waals surface area contributed by atoms with Gasteiger partial charge in [0.25, 0.3) is 5.56 Å². The van der Waals surface area contributed by atoms with Crippen molar-refractivity contribution in [3.05, 3.63) is 70.9 Å². The molecule has 0 aliphatic rings. The standard InChI is InChI=1S/C21H18F2N4O3S/c1-26-11-17(16-7-20(25-31(3,29)30)19(23)8-18(16)22)15-6-12(4-5-14(15)21(26)28)13-9-24-27(2)10-13/h4-11,25H,1-3H3. The number of benzene rings is 2. The molecule has 2 aromatic carbocycles. The van der Waals surface area contributed by atoms with Crippen molar-refractivity contribution in [1.29, 1.82) is 0 Å². The minimum atomic E-state index is -3.79. The molecule has 1 N–H and O–H groups in total. The molecule has 4 aromatic rings. The van der Waals surface area contributed by atoms with Gasteiger partial charge in [-0.3, -0.25) is 14.2 Å². The number of pyridine rings is 1. The Balaban J connectivity index is 2.02. The van der Waals surface area contributed by atoms with Crippen LogP contribution in [0.15, 0.2) is 53.7 Å². The lowest BCUT2D eigenvalue weighted by atomic mass is 9.96. The fourth-order valence-electron chi connectivity index (χ4n) is 3.46. The summed E-state index contributed by atoms with van der Waals surface area (Å²) in [5.41, 5.74) is 1.16. The summed E-state index contributed by atoms with van der Waals surface area (Å²) < 4.78 is 57.1. The Bertz CT molecular complexity index is 1510. The monoisotopic (exact) mass is 444 g/mol. The molecule has 160 valence electrons. The number of hydrogen-bond donors (Lipinski definition) is 1. The molecule has 2 aromatic heterocycles. The molecule has 4 rings (SSSR count). The summed E-state index contributed by atoms with van der Waals surface area (Å²) in [6, 6.07) is 6.84. The molecule has 0 saturated carbocycles. The molecular formula is C21H18F2N4O3S. The molecule has 0 bridgehead atoms. The van der Waals surface area contributed by atoms with Gasteiger partial charge in [0.05, 0.1) is 18.1 Å². The van der Waals surface area contributed by atoms with E-state index >= 15 is 0 Å². The van der Waals surface area contributed by atoms with Crippen molar-refractivity contribution in [2.45, 2.75) is 0 Å². The lowest BCUT2D eigenvalue weighted by Crippen LogP contribution is -2.17. The summed E-state index contributed by atoms with van der Waals surface area (Å²) in [5, 5.41) is 4.93. The molecule has 0 saturated heterocycles. The first kappa shape index (κ1) is 20.7. The number of aromatic nitrogens is 3. The Labute approximate surface area is 176 Å². The molecule has 0 spiro atoms. The van der Waals surface area contributed by atoms with E-state index in [0.717, 1.165) is 23.4 Å². The second-order valence-electron chi connectivity index (χ2n) is 7.31. The zero-order valence-corrected chi connectivity index (χ0v) is 17.7. The molecule has 31 heavy (non-hydrogen) atoms. The van der Waals surface area contributed by atoms with Crippen LogP contribution < -0.4 is 10.3 Å². The topological polar surface area (TPSA) is 86.0 Å². The van der Waals surface area contributed by atoms with E-state index in [1.807, 2.05) is 0 Å². The van der Waals surface area contributed by atoms with Crippen LogP contribution in [0.2, 0.25) is 0 Å². The minimum Gasteiger partial charge on any atom is -0.317 e. The third-order valence-electron chi connectivity index (χ3n) is 4.86. The molecule has 0 unspecified atom stereocenters. The van der Waals surface area contributed by atoms with Gasteiger partial charge in [-0.15, -0.1) is 0 Å². The largest absolute Gasteiger partial charge is 0.317 e. The Morgan fingerprint density at radius 2 is 1.68 bits per heavy atom. The van der Waals surface area contributed by atoms with E-state index in [1.54, 1.807) is 42.3 Å². The number of anilines is 1. The number of nitrogens with one attached hydrogen (secondary N) is 1. The molecule has 0 aliphatic carbocycles. The Morgan fingerprint density at radius 1 is 0.935 bits per heavy atom. The van der Waals surface area contributed by atoms with Crippen molar-refractivity contribution in [2.75, 3.05) is 11.0 Å². The van der Waals surface area contributed by atoms with Crippen molar-refractivity contribution < 1.29 is 17.2 Å². The predicted octanol–water partition coefficient (Wildman–Crippen LogP) is 3.26. The molecule has 0 radical (unpaired) electrons. The van der Waals surface area contributed by atoms with Gasteiger partial charge in [0.1, 0.15) is 11.6 Å². The van der Waals surface area contributed by atoms with Crippen LogP contribution in [0, 0.1) is 11.6 Å². The number of aryl methyl sites for hydroxylation is 2. The summed E-state index contributed by atoms with van der Waals surface area (Å²) in [5.74, 6) is -1.93. The summed E-state index contributed by atoms with van der Waals surface area (Å²) >= 11 is 0. The third-order valence-corrected chi connectivity index (χ3v) is 5.45. The highest BCUT2D eigenvalue weighted by atomic mass is 32.2. The van der Waals surface area contributed by atoms with E-state index in [0.29, 0.717) is 22.4 Å². The van der Waals surface area contributed by atoms with Crippen molar-refractivity contribution in [1.82, 2.24) is 14.3 Å². The zero-order chi connectivity index (χ0) is 22.5. The van der Waals surface area contributed by atoms with Crippen LogP contribution in [0.1, 0.15) is 0 Å². The van der Waals surface area contributed by atoms with Crippen LogP contribution in [0.5, 0.6) is 0 Å². The van der Waals surface area contributed by atoms with Gasteiger partial charge in [0, 0.05) is 54.6 Å². The highest BCUT2D eigenvalue weighted by Crippen LogP contribution is 2.34. The van der Waals surface area contributed by atoms with Gasteiger partial charge < -0.3 is 4.57 Å². The first-order chi connectivity index (χ1) is 14.5. The van der Waals surface area contributed by atoms with E-state index in [-0.39, 0.29) is 16.8 Å². The highest BCUT2D eigenvalue weighted by molar-refractivity contribution is 7.92. The summed E-state index contributed by atoms with van der Waals surface area (Å²) in [4.78, 5) is 12.7. The molecule has 7 nitrogen and oxygen atoms in total. The number of halogens is 2. The normalized spacial score (nSPS) is 11.8. The van der Waals surface area contributed by atoms with Gasteiger partial charge in [0.15, 0.2) is 0 Å². The van der Waals surface area contributed by atoms with Crippen LogP contribution in [0.4, 0.5) is 14.5 Å². The lowest BCUT2D eigenvalue weighted by Gasteiger charge is -2.14. The quantitative estimate of drug-likeness (QED) is 0.524. The second kappa shape index (κ2) is 7.31. The van der Waals surface area contributed by atoms with Crippen LogP contribution in [0.3, 0.4) is 0 Å². The Kier molecular flexibility index (Phi) is 4.89. The van der Waals surface area contributed by atoms with E-state index < -0.39 is 21.7 Å². The number of sulfonamides is 1. The van der Waals surface area contributed by atoms with Crippen molar-refractivity contribution >= 4 is 26.5 Å². The smallest absolute Gasteiger partial charge is 0.258 e. The van der Waals surface area contributed by atoms with Gasteiger partial charge in [0.2, 0.25) is 10.0 Å². The van der Waals surface area contributed by atoms with Crippen molar-refractivity contribution in [3.63, 3.8) is 0 Å². The molecular weight excluding hydrogens is 426 g/mol. The highest BCUT2D eigenvalue weighted by Gasteiger charge is 2.18. The average molecular weight is 444 g/mol. The van der Waals surface area contributed by atoms with Gasteiger partial charge in [-0.05, 0) is 29.1 Å². The maximum absolute atomic E-state index is 14.8. The minimum absolute atomic E-state index is 0.0449. The van der Waals surface area contributed by atoms with E-state index in [2.05, 4.69) is 9.82 Å². The summed E-state index contributed by atoms with van der Waals surface area (Å²) in [6.45, 7) is 0. The molecule has 0 fully saturated rings. The number of fused-ring (bicyclic) bond motifs is 1. The van der Waals surface area contributed by atoms with Gasteiger partial charge in [-0.1, -0.05) is 6.07 Å². The Morgan fingerprint density at radius 3 is 2.32 bits per heavy atom. The first-order valence-corrected chi connectivity index (χ1v) is 11.0. The second-order valence-corrected chi connectivity index (χ2v) is 9.06. The summed E-state index contributed by atoms with van der Waals surface area (Å²) in [6.07, 6.45) is 5.78. The number of hydrogen-bond acceptors (Lipinski definition) is 4. The molecule has 10 heteroatoms. The summed E-state index contributed by atoms with van der Waals surface area (Å²) in [7, 11) is -0.487. The van der Waals surface area contributed by atoms with E-state index in [4.69, 9.17) is 0 Å². The maximum atomic E-state index is 14.8. The van der Waals surface area contributed by atoms with E-state index in [9.17, 15) is 22.0 Å². The lowest BCUT2D eigenvalue weighted by molar-refractivity contribution is 0.585. The van der Waals surface area contributed by atoms with E-state index in [1.165, 1.54) is 17.8 Å². The van der Waals surface area contributed by atoms with Crippen molar-refractivity contribution in [3.8, 4) is 22.3 Å². The van der Waals surface area contributed by atoms with Gasteiger partial charge >= 0.3 is 0 Å². The number of rotatable bonds is 4. The number of nitrogens with zero attached hydrogens (tertiary/aromatic N) is 3. The SMILES string of the molecule is Cn1cc(-c2ccc3c(=O)n(C)cc(-c4cc(NS(C)(=O)=O)c(F)cc4F)c3c2)cn1. The average Bonchev–Trinajstić information content (AvgIpc) is 3.12. The first-order valence-electron chi connectivity index (χ1n) is 9.13. The maximum Gasteiger partial charge on any atom is 0.258 e. The fraction of sp³-hybridized carbons (Fsp3) is 0.143. The Hall–Kier alpha value is -3.53. The van der Waals surface area contributed by atoms with Crippen LogP contribution in [-0.4, -0.2) is 29.0 Å². The van der Waals surface area contributed by atoms with Crippen LogP contribution >= 0.6 is 0 Å². The molecule has 0 aliphatic heterocycles. The zero-order valence-electron chi connectivity index (χ0n) is 16.8. The van der Waals surface area contributed by atoms with Gasteiger partial charge in [-0.2, -0.15) is 5.10 Å².